The van der Waals surface area contributed by atoms with E-state index >= 15 is 0 Å². The molecule has 0 radical (unpaired) electrons. The molecule has 0 fully saturated rings. The number of anilines is 2. The summed E-state index contributed by atoms with van der Waals surface area (Å²) < 4.78 is 10.1. The molecule has 2 aromatic heterocycles. The lowest BCUT2D eigenvalue weighted by Gasteiger charge is -2.18. The number of benzene rings is 1. The van der Waals surface area contributed by atoms with Crippen molar-refractivity contribution in [3.63, 3.8) is 0 Å². The minimum Gasteiger partial charge on any atom is -0.495 e. The van der Waals surface area contributed by atoms with Crippen LogP contribution in [0.25, 0.3) is 6.08 Å². The molecule has 4 rings (SSSR count). The number of thiophene rings is 1. The van der Waals surface area contributed by atoms with Crippen molar-refractivity contribution < 1.29 is 18.8 Å². The minimum atomic E-state index is -0.310. The average molecular weight is 489 g/mol. The summed E-state index contributed by atoms with van der Waals surface area (Å²) in [5.74, 6) is 0.811. The molecule has 1 aliphatic heterocycles. The molecular formula is C21H17ClN4O4S2. The number of carbonyl (C=O) groups is 2. The van der Waals surface area contributed by atoms with Crippen molar-refractivity contribution in [2.24, 2.45) is 4.99 Å². The Hall–Kier alpha value is -3.08. The molecule has 164 valence electrons. The van der Waals surface area contributed by atoms with Gasteiger partial charge in [0.1, 0.15) is 17.2 Å². The lowest BCUT2D eigenvalue weighted by Crippen LogP contribution is -2.31. The molecule has 2 amide bonds. The van der Waals surface area contributed by atoms with E-state index in [0.717, 1.165) is 16.6 Å². The summed E-state index contributed by atoms with van der Waals surface area (Å²) in [6.45, 7) is 1.73. The van der Waals surface area contributed by atoms with Crippen LogP contribution in [0.4, 0.5) is 11.5 Å². The standard InChI is InChI=1S/C21H17ClN4O4S2/c1-12-8-18(25-30-12)24-19(27)11-32-21-23-16(10-14-4-3-7-31-14)20(28)26(21)13-5-6-17(29-2)15(22)9-13/h3-10H,11H2,1-2H3,(H,24,25,27)/b16-10+. The third kappa shape index (κ3) is 4.87. The van der Waals surface area contributed by atoms with E-state index in [1.54, 1.807) is 37.3 Å². The Morgan fingerprint density at radius 3 is 2.88 bits per heavy atom. The van der Waals surface area contributed by atoms with Gasteiger partial charge >= 0.3 is 0 Å². The third-order valence-electron chi connectivity index (χ3n) is 4.27. The van der Waals surface area contributed by atoms with E-state index in [0.29, 0.717) is 33.2 Å². The van der Waals surface area contributed by atoms with Gasteiger partial charge in [0.25, 0.3) is 5.91 Å². The molecule has 8 nitrogen and oxygen atoms in total. The van der Waals surface area contributed by atoms with Gasteiger partial charge < -0.3 is 14.6 Å². The minimum absolute atomic E-state index is 0.0185. The van der Waals surface area contributed by atoms with Gasteiger partial charge in [-0.2, -0.15) is 0 Å². The maximum absolute atomic E-state index is 13.2. The zero-order valence-corrected chi connectivity index (χ0v) is 19.4. The number of nitrogens with zero attached hydrogens (tertiary/aromatic N) is 3. The van der Waals surface area contributed by atoms with Crippen molar-refractivity contribution >= 4 is 69.3 Å². The number of methoxy groups -OCH3 is 1. The van der Waals surface area contributed by atoms with Crippen LogP contribution in [-0.2, 0) is 9.59 Å². The predicted octanol–water partition coefficient (Wildman–Crippen LogP) is 4.82. The van der Waals surface area contributed by atoms with Gasteiger partial charge in [0, 0.05) is 10.9 Å². The maximum Gasteiger partial charge on any atom is 0.283 e. The number of thioether (sulfide) groups is 1. The number of rotatable bonds is 6. The highest BCUT2D eigenvalue weighted by Crippen LogP contribution is 2.34. The van der Waals surface area contributed by atoms with Crippen LogP contribution in [0.15, 0.2) is 57.0 Å². The van der Waals surface area contributed by atoms with E-state index in [4.69, 9.17) is 20.9 Å². The second-order valence-corrected chi connectivity index (χ2v) is 8.89. The highest BCUT2D eigenvalue weighted by Gasteiger charge is 2.33. The van der Waals surface area contributed by atoms with Crippen molar-refractivity contribution in [1.29, 1.82) is 0 Å². The van der Waals surface area contributed by atoms with Gasteiger partial charge in [0.05, 0.1) is 23.6 Å². The molecule has 3 aromatic rings. The highest BCUT2D eigenvalue weighted by molar-refractivity contribution is 8.14. The molecule has 0 saturated heterocycles. The number of nitrogens with one attached hydrogen (secondary N) is 1. The number of amidine groups is 1. The van der Waals surface area contributed by atoms with Crippen LogP contribution in [0.5, 0.6) is 5.75 Å². The third-order valence-corrected chi connectivity index (χ3v) is 6.33. The fourth-order valence-corrected chi connectivity index (χ4v) is 4.57. The molecule has 0 saturated carbocycles. The lowest BCUT2D eigenvalue weighted by molar-refractivity contribution is -0.114. The fraction of sp³-hybridized carbons (Fsp3) is 0.143. The fourth-order valence-electron chi connectivity index (χ4n) is 2.86. The Bertz CT molecular complexity index is 1220. The van der Waals surface area contributed by atoms with Crippen molar-refractivity contribution in [1.82, 2.24) is 5.16 Å². The monoisotopic (exact) mass is 488 g/mol. The topological polar surface area (TPSA) is 97.0 Å². The Morgan fingerprint density at radius 2 is 2.22 bits per heavy atom. The molecule has 0 aliphatic carbocycles. The van der Waals surface area contributed by atoms with Gasteiger partial charge in [0.2, 0.25) is 5.91 Å². The van der Waals surface area contributed by atoms with Crippen molar-refractivity contribution in [2.75, 3.05) is 23.1 Å². The van der Waals surface area contributed by atoms with Gasteiger partial charge in [-0.05, 0) is 42.6 Å². The SMILES string of the molecule is COc1ccc(N2C(=O)/C(=C\c3cccs3)N=C2SCC(=O)Nc2cc(C)on2)cc1Cl. The molecule has 11 heteroatoms. The first-order chi connectivity index (χ1) is 15.4. The Kier molecular flexibility index (Phi) is 6.63. The van der Waals surface area contributed by atoms with Crippen molar-refractivity contribution in [3.05, 3.63) is 63.1 Å². The smallest absolute Gasteiger partial charge is 0.283 e. The lowest BCUT2D eigenvalue weighted by atomic mass is 10.2. The predicted molar refractivity (Wildman–Crippen MR) is 128 cm³/mol. The summed E-state index contributed by atoms with van der Waals surface area (Å²) >= 11 is 8.90. The number of aliphatic imine (C=N–C) groups is 1. The van der Waals surface area contributed by atoms with E-state index in [9.17, 15) is 9.59 Å². The summed E-state index contributed by atoms with van der Waals surface area (Å²) in [4.78, 5) is 32.4. The van der Waals surface area contributed by atoms with Crippen molar-refractivity contribution in [3.8, 4) is 5.75 Å². The summed E-state index contributed by atoms with van der Waals surface area (Å²) in [5.41, 5.74) is 0.795. The first kappa shape index (κ1) is 22.1. The maximum atomic E-state index is 13.2. The molecule has 32 heavy (non-hydrogen) atoms. The van der Waals surface area contributed by atoms with Crippen LogP contribution < -0.4 is 15.0 Å². The summed E-state index contributed by atoms with van der Waals surface area (Å²) in [6.07, 6.45) is 1.72. The number of hydrogen-bond acceptors (Lipinski definition) is 8. The van der Waals surface area contributed by atoms with E-state index in [2.05, 4.69) is 15.5 Å². The van der Waals surface area contributed by atoms with Crippen LogP contribution >= 0.6 is 34.7 Å². The number of aryl methyl sites for hydroxylation is 1. The summed E-state index contributed by atoms with van der Waals surface area (Å²) in [7, 11) is 1.52. The number of amides is 2. The Morgan fingerprint density at radius 1 is 1.38 bits per heavy atom. The molecule has 1 aliphatic rings. The first-order valence-corrected chi connectivity index (χ1v) is 11.6. The number of ether oxygens (including phenoxy) is 1. The number of aromatic nitrogens is 1. The molecule has 1 N–H and O–H groups in total. The van der Waals surface area contributed by atoms with Crippen LogP contribution in [0.3, 0.4) is 0 Å². The van der Waals surface area contributed by atoms with E-state index in [1.165, 1.54) is 23.3 Å². The van der Waals surface area contributed by atoms with E-state index in [-0.39, 0.29) is 23.3 Å². The molecule has 0 bridgehead atoms. The molecule has 3 heterocycles. The number of carbonyl (C=O) groups excluding carboxylic acids is 2. The zero-order valence-electron chi connectivity index (χ0n) is 17.0. The summed E-state index contributed by atoms with van der Waals surface area (Å²) in [5, 5.41) is 9.04. The Labute approximate surface area is 196 Å². The molecular weight excluding hydrogens is 472 g/mol. The molecule has 0 atom stereocenters. The molecule has 1 aromatic carbocycles. The van der Waals surface area contributed by atoms with Gasteiger partial charge in [-0.25, -0.2) is 4.99 Å². The largest absolute Gasteiger partial charge is 0.495 e. The van der Waals surface area contributed by atoms with Crippen LogP contribution in [-0.4, -0.2) is 35.0 Å². The van der Waals surface area contributed by atoms with Crippen LogP contribution in [0.2, 0.25) is 5.02 Å². The van der Waals surface area contributed by atoms with Gasteiger partial charge in [-0.15, -0.1) is 11.3 Å². The average Bonchev–Trinajstić information content (AvgIpc) is 3.49. The molecule has 0 spiro atoms. The second-order valence-electron chi connectivity index (χ2n) is 6.56. The molecule has 0 unspecified atom stereocenters. The highest BCUT2D eigenvalue weighted by atomic mass is 35.5. The van der Waals surface area contributed by atoms with E-state index < -0.39 is 0 Å². The van der Waals surface area contributed by atoms with Gasteiger partial charge in [-0.3, -0.25) is 14.5 Å². The normalized spacial score (nSPS) is 14.7. The van der Waals surface area contributed by atoms with Gasteiger partial charge in [-0.1, -0.05) is 34.6 Å². The number of halogens is 1. The zero-order chi connectivity index (χ0) is 22.7. The summed E-state index contributed by atoms with van der Waals surface area (Å²) in [6, 6.07) is 10.4. The first-order valence-electron chi connectivity index (χ1n) is 9.32. The van der Waals surface area contributed by atoms with E-state index in [1.807, 2.05) is 17.5 Å². The van der Waals surface area contributed by atoms with Crippen molar-refractivity contribution in [2.45, 2.75) is 6.92 Å². The van der Waals surface area contributed by atoms with Gasteiger partial charge in [0.15, 0.2) is 11.0 Å². The quantitative estimate of drug-likeness (QED) is 0.499. The van der Waals surface area contributed by atoms with Crippen LogP contribution in [0, 0.1) is 6.92 Å². The van der Waals surface area contributed by atoms with Crippen LogP contribution in [0.1, 0.15) is 10.6 Å². The Balaban J connectivity index is 1.58. The second kappa shape index (κ2) is 9.60. The number of hydrogen-bond donors (Lipinski definition) is 1.